The minimum atomic E-state index is -1.41. The first kappa shape index (κ1) is 34.0. The van der Waals surface area contributed by atoms with Crippen LogP contribution in [0, 0.1) is 3.70 Å². The molecule has 4 heterocycles. The SMILES string of the molecule is Brc1ccc2ncc(I)n2c1.CC(C)Oc1ccc(-c2cnc3ccc(Br)cn23)cc1.CC(C)Oc1ccc(B(O)O)cc1. The first-order valence-electron chi connectivity index (χ1n) is 13.8. The summed E-state index contributed by atoms with van der Waals surface area (Å²) in [6, 6.07) is 22.7. The molecule has 0 unspecified atom stereocenters. The molecule has 8 nitrogen and oxygen atoms in total. The lowest BCUT2D eigenvalue weighted by atomic mass is 9.80. The maximum absolute atomic E-state index is 8.81. The van der Waals surface area contributed by atoms with Gasteiger partial charge in [-0.2, -0.15) is 0 Å². The molecule has 0 aliphatic heterocycles. The third-order valence-electron chi connectivity index (χ3n) is 5.97. The van der Waals surface area contributed by atoms with E-state index < -0.39 is 7.12 Å². The number of hydrogen-bond acceptors (Lipinski definition) is 6. The first-order valence-corrected chi connectivity index (χ1v) is 16.5. The average Bonchev–Trinajstić information content (AvgIpc) is 3.56. The number of fused-ring (bicyclic) bond motifs is 2. The van der Waals surface area contributed by atoms with E-state index in [4.69, 9.17) is 19.5 Å². The van der Waals surface area contributed by atoms with Gasteiger partial charge in [0.25, 0.3) is 0 Å². The molecule has 0 saturated heterocycles. The fraction of sp³-hybridized carbons (Fsp3) is 0.188. The Bertz CT molecular complexity index is 1790. The zero-order valence-electron chi connectivity index (χ0n) is 24.6. The molecule has 0 fully saturated rings. The lowest BCUT2D eigenvalue weighted by molar-refractivity contribution is 0.242. The van der Waals surface area contributed by atoms with Crippen LogP contribution >= 0.6 is 54.5 Å². The van der Waals surface area contributed by atoms with E-state index >= 15 is 0 Å². The van der Waals surface area contributed by atoms with Crippen molar-refractivity contribution in [2.75, 3.05) is 0 Å². The molecule has 0 bridgehead atoms. The van der Waals surface area contributed by atoms with Gasteiger partial charge in [0, 0.05) is 26.9 Å². The highest BCUT2D eigenvalue weighted by atomic mass is 127. The zero-order valence-corrected chi connectivity index (χ0v) is 29.9. The second kappa shape index (κ2) is 15.9. The van der Waals surface area contributed by atoms with Crippen molar-refractivity contribution < 1.29 is 19.5 Å². The van der Waals surface area contributed by atoms with E-state index in [-0.39, 0.29) is 12.2 Å². The van der Waals surface area contributed by atoms with Crippen LogP contribution in [0.3, 0.4) is 0 Å². The van der Waals surface area contributed by atoms with Crippen LogP contribution in [0.4, 0.5) is 0 Å². The van der Waals surface area contributed by atoms with E-state index in [1.807, 2.05) is 93.3 Å². The van der Waals surface area contributed by atoms with Gasteiger partial charge >= 0.3 is 7.12 Å². The molecule has 0 aliphatic rings. The molecule has 0 saturated carbocycles. The molecule has 6 rings (SSSR count). The van der Waals surface area contributed by atoms with Gasteiger partial charge in [-0.25, -0.2) is 9.97 Å². The smallest absolute Gasteiger partial charge is 0.488 e. The van der Waals surface area contributed by atoms with Crippen molar-refractivity contribution in [1.29, 1.82) is 0 Å². The Balaban J connectivity index is 0.000000160. The van der Waals surface area contributed by atoms with Gasteiger partial charge < -0.3 is 19.5 Å². The van der Waals surface area contributed by atoms with Crippen LogP contribution in [0.5, 0.6) is 11.5 Å². The molecule has 2 N–H and O–H groups in total. The van der Waals surface area contributed by atoms with Gasteiger partial charge in [0.15, 0.2) is 0 Å². The van der Waals surface area contributed by atoms with Crippen molar-refractivity contribution in [3.05, 3.63) is 110 Å². The Morgan fingerprint density at radius 2 is 1.16 bits per heavy atom. The van der Waals surface area contributed by atoms with E-state index in [0.717, 1.165) is 46.7 Å². The monoisotopic (exact) mass is 832 g/mol. The lowest BCUT2D eigenvalue weighted by Gasteiger charge is -2.10. The Morgan fingerprint density at radius 3 is 1.68 bits per heavy atom. The molecule has 0 amide bonds. The van der Waals surface area contributed by atoms with Crippen molar-refractivity contribution in [3.8, 4) is 22.8 Å². The van der Waals surface area contributed by atoms with E-state index in [2.05, 4.69) is 81.0 Å². The van der Waals surface area contributed by atoms with Crippen LogP contribution < -0.4 is 14.9 Å². The molecular formula is C32H32BBr2IN4O4. The zero-order chi connectivity index (χ0) is 31.8. The summed E-state index contributed by atoms with van der Waals surface area (Å²) in [6.45, 7) is 7.93. The van der Waals surface area contributed by atoms with Gasteiger partial charge in [-0.05, 0) is 148 Å². The summed E-state index contributed by atoms with van der Waals surface area (Å²) in [5, 5.41) is 17.6. The van der Waals surface area contributed by atoms with E-state index in [1.54, 1.807) is 24.3 Å². The number of halogens is 3. The van der Waals surface area contributed by atoms with Crippen LogP contribution in [0.25, 0.3) is 22.6 Å². The molecule has 4 aromatic heterocycles. The number of benzene rings is 2. The fourth-order valence-corrected chi connectivity index (χ4v) is 5.26. The topological polar surface area (TPSA) is 93.5 Å². The number of imidazole rings is 2. The number of pyridine rings is 2. The Labute approximate surface area is 287 Å². The highest BCUT2D eigenvalue weighted by molar-refractivity contribution is 14.1. The van der Waals surface area contributed by atoms with Crippen molar-refractivity contribution in [2.45, 2.75) is 39.9 Å². The number of hydrogen-bond donors (Lipinski definition) is 2. The molecular weight excluding hydrogens is 802 g/mol. The summed E-state index contributed by atoms with van der Waals surface area (Å²) in [5.74, 6) is 1.62. The third-order valence-corrected chi connectivity index (χ3v) is 7.70. The van der Waals surface area contributed by atoms with Gasteiger partial charge in [-0.15, -0.1) is 0 Å². The number of aromatic nitrogens is 4. The van der Waals surface area contributed by atoms with E-state index in [9.17, 15) is 0 Å². The van der Waals surface area contributed by atoms with Gasteiger partial charge in [0.1, 0.15) is 26.5 Å². The first-order chi connectivity index (χ1) is 21.0. The molecule has 2 aromatic carbocycles. The van der Waals surface area contributed by atoms with Crippen LogP contribution in [0.1, 0.15) is 27.7 Å². The summed E-state index contributed by atoms with van der Waals surface area (Å²) < 4.78 is 18.4. The Hall–Kier alpha value is -2.91. The number of rotatable bonds is 6. The van der Waals surface area contributed by atoms with Gasteiger partial charge in [0.2, 0.25) is 0 Å². The number of ether oxygens (including phenoxy) is 2. The van der Waals surface area contributed by atoms with Gasteiger partial charge in [-0.3, -0.25) is 8.80 Å². The summed E-state index contributed by atoms with van der Waals surface area (Å²) in [6.07, 6.45) is 8.08. The maximum Gasteiger partial charge on any atom is 0.488 e. The highest BCUT2D eigenvalue weighted by Gasteiger charge is 2.10. The average molecular weight is 834 g/mol. The molecule has 228 valence electrons. The normalized spacial score (nSPS) is 10.8. The van der Waals surface area contributed by atoms with Crippen molar-refractivity contribution >= 4 is 78.3 Å². The van der Waals surface area contributed by atoms with Crippen LogP contribution in [-0.4, -0.2) is 48.1 Å². The predicted molar refractivity (Wildman–Crippen MR) is 192 cm³/mol. The Morgan fingerprint density at radius 1 is 0.682 bits per heavy atom. The molecule has 44 heavy (non-hydrogen) atoms. The van der Waals surface area contributed by atoms with Crippen LogP contribution in [-0.2, 0) is 0 Å². The second-order valence-corrected chi connectivity index (χ2v) is 13.1. The molecule has 0 atom stereocenters. The molecule has 0 radical (unpaired) electrons. The quantitative estimate of drug-likeness (QED) is 0.134. The third kappa shape index (κ3) is 9.55. The number of nitrogens with zero attached hydrogens (tertiary/aromatic N) is 4. The van der Waals surface area contributed by atoms with Gasteiger partial charge in [0.05, 0.1) is 30.3 Å². The predicted octanol–water partition coefficient (Wildman–Crippen LogP) is 7.41. The van der Waals surface area contributed by atoms with E-state index in [1.165, 1.54) is 0 Å². The minimum Gasteiger partial charge on any atom is -0.491 e. The minimum absolute atomic E-state index is 0.130. The summed E-state index contributed by atoms with van der Waals surface area (Å²) in [5.41, 5.74) is 4.57. The van der Waals surface area contributed by atoms with Crippen LogP contribution in [0.2, 0.25) is 0 Å². The fourth-order valence-electron chi connectivity index (χ4n) is 4.06. The second-order valence-electron chi connectivity index (χ2n) is 10.2. The standard InChI is InChI=1S/C16H15BrN2O.C9H13BO3.C7H4BrIN2/c1-11(2)20-14-6-3-12(4-7-14)15-9-18-16-8-5-13(17)10-19(15)16;1-7(2)13-9-5-3-8(4-6-9)10(11)12;8-5-1-2-7-10-3-6(9)11(7)4-5/h3-11H,1-2H3;3-7,11-12H,1-2H3;1-4H. The summed E-state index contributed by atoms with van der Waals surface area (Å²) in [7, 11) is -1.41. The Kier molecular flexibility index (Phi) is 12.3. The van der Waals surface area contributed by atoms with Gasteiger partial charge in [-0.1, -0.05) is 12.1 Å². The highest BCUT2D eigenvalue weighted by Crippen LogP contribution is 2.25. The summed E-state index contributed by atoms with van der Waals surface area (Å²) in [4.78, 5) is 8.61. The summed E-state index contributed by atoms with van der Waals surface area (Å²) >= 11 is 9.14. The van der Waals surface area contributed by atoms with E-state index in [0.29, 0.717) is 5.46 Å². The van der Waals surface area contributed by atoms with Crippen molar-refractivity contribution in [1.82, 2.24) is 18.8 Å². The largest absolute Gasteiger partial charge is 0.491 e. The molecule has 0 aliphatic carbocycles. The molecule has 12 heteroatoms. The maximum atomic E-state index is 8.81. The van der Waals surface area contributed by atoms with Crippen molar-refractivity contribution in [2.24, 2.45) is 0 Å². The molecule has 0 spiro atoms. The molecule has 6 aromatic rings. The lowest BCUT2D eigenvalue weighted by Crippen LogP contribution is -2.29. The van der Waals surface area contributed by atoms with Crippen LogP contribution in [0.15, 0.2) is 107 Å². The van der Waals surface area contributed by atoms with Crippen molar-refractivity contribution in [3.63, 3.8) is 0 Å².